The van der Waals surface area contributed by atoms with Crippen molar-refractivity contribution in [3.63, 3.8) is 0 Å². The minimum atomic E-state index is 0.420. The Morgan fingerprint density at radius 3 is 2.76 bits per heavy atom. The summed E-state index contributed by atoms with van der Waals surface area (Å²) in [6, 6.07) is 7.54. The van der Waals surface area contributed by atoms with Crippen molar-refractivity contribution in [2.75, 3.05) is 19.0 Å². The molecule has 0 amide bonds. The van der Waals surface area contributed by atoms with Crippen LogP contribution in [0, 0.1) is 6.92 Å². The quantitative estimate of drug-likeness (QED) is 0.431. The molecule has 21 heavy (non-hydrogen) atoms. The topological polar surface area (TPSA) is 88.3 Å². The minimum absolute atomic E-state index is 0.420. The van der Waals surface area contributed by atoms with Crippen LogP contribution < -0.4 is 15.8 Å². The van der Waals surface area contributed by atoms with Gasteiger partial charge in [0.05, 0.1) is 13.3 Å². The van der Waals surface area contributed by atoms with E-state index in [1.165, 1.54) is 5.56 Å². The number of rotatable bonds is 6. The first-order valence-electron chi connectivity index (χ1n) is 6.89. The zero-order valence-corrected chi connectivity index (χ0v) is 12.4. The zero-order chi connectivity index (χ0) is 15.1. The molecule has 1 aromatic heterocycles. The molecule has 6 nitrogen and oxygen atoms in total. The van der Waals surface area contributed by atoms with Gasteiger partial charge in [-0.15, -0.1) is 0 Å². The number of ether oxygens (including phenoxy) is 1. The second-order valence-electron chi connectivity index (χ2n) is 4.74. The molecule has 0 aliphatic heterocycles. The van der Waals surface area contributed by atoms with Gasteiger partial charge in [0.1, 0.15) is 5.75 Å². The van der Waals surface area contributed by atoms with Crippen molar-refractivity contribution >= 4 is 11.6 Å². The summed E-state index contributed by atoms with van der Waals surface area (Å²) in [5, 5.41) is 9.98. The molecule has 0 fully saturated rings. The number of H-pyrrole nitrogens is 1. The van der Waals surface area contributed by atoms with Crippen LogP contribution in [0.4, 0.5) is 5.69 Å². The van der Waals surface area contributed by atoms with Crippen molar-refractivity contribution in [2.45, 2.75) is 19.8 Å². The molecule has 0 aliphatic carbocycles. The molecule has 0 radical (unpaired) electrons. The average molecular weight is 287 g/mol. The summed E-state index contributed by atoms with van der Waals surface area (Å²) in [4.78, 5) is 4.31. The Hall–Kier alpha value is -2.50. The van der Waals surface area contributed by atoms with E-state index in [0.29, 0.717) is 12.5 Å². The third-order valence-electron chi connectivity index (χ3n) is 3.18. The van der Waals surface area contributed by atoms with Crippen LogP contribution in [0.25, 0.3) is 0 Å². The molecule has 112 valence electrons. The van der Waals surface area contributed by atoms with E-state index < -0.39 is 0 Å². The second-order valence-corrected chi connectivity index (χ2v) is 4.74. The van der Waals surface area contributed by atoms with E-state index in [4.69, 9.17) is 10.5 Å². The number of hydrogen-bond acceptors (Lipinski definition) is 3. The van der Waals surface area contributed by atoms with Gasteiger partial charge in [-0.25, -0.2) is 0 Å². The average Bonchev–Trinajstić information content (AvgIpc) is 2.90. The van der Waals surface area contributed by atoms with Crippen LogP contribution in [0.15, 0.2) is 35.5 Å². The third-order valence-corrected chi connectivity index (χ3v) is 3.18. The van der Waals surface area contributed by atoms with Crippen LogP contribution in [0.1, 0.15) is 17.7 Å². The number of anilines is 1. The lowest BCUT2D eigenvalue weighted by molar-refractivity contribution is 0.415. The summed E-state index contributed by atoms with van der Waals surface area (Å²) in [5.41, 5.74) is 9.09. The van der Waals surface area contributed by atoms with Gasteiger partial charge in [0.2, 0.25) is 0 Å². The SMILES string of the molecule is COc1ccc(NC(N)=NCCCc2cn[nH]c2C)cc1. The van der Waals surface area contributed by atoms with E-state index >= 15 is 0 Å². The fraction of sp³-hybridized carbons (Fsp3) is 0.333. The van der Waals surface area contributed by atoms with E-state index in [1.54, 1.807) is 7.11 Å². The third kappa shape index (κ3) is 4.52. The van der Waals surface area contributed by atoms with Gasteiger partial charge >= 0.3 is 0 Å². The Morgan fingerprint density at radius 2 is 2.14 bits per heavy atom. The smallest absolute Gasteiger partial charge is 0.193 e. The number of hydrogen-bond donors (Lipinski definition) is 3. The molecule has 0 saturated carbocycles. The Balaban J connectivity index is 1.77. The van der Waals surface area contributed by atoms with E-state index in [9.17, 15) is 0 Å². The number of aliphatic imine (C=N–C) groups is 1. The van der Waals surface area contributed by atoms with Gasteiger partial charge in [0.15, 0.2) is 5.96 Å². The summed E-state index contributed by atoms with van der Waals surface area (Å²) in [7, 11) is 1.64. The molecule has 0 atom stereocenters. The van der Waals surface area contributed by atoms with Crippen LogP contribution >= 0.6 is 0 Å². The minimum Gasteiger partial charge on any atom is -0.497 e. The molecule has 0 spiro atoms. The van der Waals surface area contributed by atoms with Gasteiger partial charge in [-0.1, -0.05) is 0 Å². The maximum atomic E-state index is 5.85. The molecule has 0 unspecified atom stereocenters. The van der Waals surface area contributed by atoms with Crippen LogP contribution in [-0.4, -0.2) is 29.8 Å². The highest BCUT2D eigenvalue weighted by Crippen LogP contribution is 2.14. The first kappa shape index (κ1) is 14.9. The Morgan fingerprint density at radius 1 is 1.38 bits per heavy atom. The molecule has 2 rings (SSSR count). The maximum Gasteiger partial charge on any atom is 0.193 e. The summed E-state index contributed by atoms with van der Waals surface area (Å²) >= 11 is 0. The lowest BCUT2D eigenvalue weighted by Crippen LogP contribution is -2.22. The van der Waals surface area contributed by atoms with Crippen LogP contribution in [0.2, 0.25) is 0 Å². The first-order valence-corrected chi connectivity index (χ1v) is 6.89. The standard InChI is InChI=1S/C15H21N5O/c1-11-12(10-18-20-11)4-3-9-17-15(16)19-13-5-7-14(21-2)8-6-13/h5-8,10H,3-4,9H2,1-2H3,(H,18,20)(H3,16,17,19). The molecule has 0 bridgehead atoms. The Kier molecular flexibility index (Phi) is 5.20. The predicted molar refractivity (Wildman–Crippen MR) is 84.8 cm³/mol. The Bertz CT molecular complexity index is 588. The number of aromatic amines is 1. The molecular formula is C15H21N5O. The maximum absolute atomic E-state index is 5.85. The second kappa shape index (κ2) is 7.33. The molecular weight excluding hydrogens is 266 g/mol. The van der Waals surface area contributed by atoms with Crippen molar-refractivity contribution in [3.8, 4) is 5.75 Å². The van der Waals surface area contributed by atoms with Gasteiger partial charge < -0.3 is 15.8 Å². The van der Waals surface area contributed by atoms with Crippen molar-refractivity contribution in [1.82, 2.24) is 10.2 Å². The van der Waals surface area contributed by atoms with E-state index in [0.717, 1.165) is 30.0 Å². The van der Waals surface area contributed by atoms with Crippen LogP contribution in [0.3, 0.4) is 0 Å². The number of nitrogens with zero attached hydrogens (tertiary/aromatic N) is 2. The molecule has 1 aromatic carbocycles. The molecule has 4 N–H and O–H groups in total. The highest BCUT2D eigenvalue weighted by atomic mass is 16.5. The largest absolute Gasteiger partial charge is 0.497 e. The Labute approximate surface area is 124 Å². The van der Waals surface area contributed by atoms with E-state index in [1.807, 2.05) is 37.4 Å². The number of guanidine groups is 1. The number of nitrogens with one attached hydrogen (secondary N) is 2. The number of aromatic nitrogens is 2. The van der Waals surface area contributed by atoms with Crippen molar-refractivity contribution in [3.05, 3.63) is 41.7 Å². The molecule has 0 saturated heterocycles. The van der Waals surface area contributed by atoms with E-state index in [2.05, 4.69) is 20.5 Å². The highest BCUT2D eigenvalue weighted by molar-refractivity contribution is 5.92. The normalized spacial score (nSPS) is 11.4. The number of nitrogens with two attached hydrogens (primary N) is 1. The number of methoxy groups -OCH3 is 1. The van der Waals surface area contributed by atoms with Crippen molar-refractivity contribution in [1.29, 1.82) is 0 Å². The zero-order valence-electron chi connectivity index (χ0n) is 12.4. The van der Waals surface area contributed by atoms with Gasteiger partial charge in [-0.05, 0) is 49.6 Å². The van der Waals surface area contributed by atoms with E-state index in [-0.39, 0.29) is 0 Å². The fourth-order valence-corrected chi connectivity index (χ4v) is 1.96. The van der Waals surface area contributed by atoms with Gasteiger partial charge in [-0.2, -0.15) is 5.10 Å². The van der Waals surface area contributed by atoms with Crippen molar-refractivity contribution in [2.24, 2.45) is 10.7 Å². The van der Waals surface area contributed by atoms with Gasteiger partial charge in [0.25, 0.3) is 0 Å². The fourth-order valence-electron chi connectivity index (χ4n) is 1.96. The van der Waals surface area contributed by atoms with Gasteiger partial charge in [0, 0.05) is 17.9 Å². The lowest BCUT2D eigenvalue weighted by atomic mass is 10.1. The summed E-state index contributed by atoms with van der Waals surface area (Å²) in [6.07, 6.45) is 3.74. The molecule has 0 aliphatic rings. The van der Waals surface area contributed by atoms with Crippen LogP contribution in [-0.2, 0) is 6.42 Å². The molecule has 1 heterocycles. The highest BCUT2D eigenvalue weighted by Gasteiger charge is 2.00. The van der Waals surface area contributed by atoms with Crippen molar-refractivity contribution < 1.29 is 4.74 Å². The monoisotopic (exact) mass is 287 g/mol. The first-order chi connectivity index (χ1) is 10.2. The summed E-state index contributed by atoms with van der Waals surface area (Å²) in [5.74, 6) is 1.23. The molecule has 6 heteroatoms. The predicted octanol–water partition coefficient (Wildman–Crippen LogP) is 2.09. The number of aryl methyl sites for hydroxylation is 2. The summed E-state index contributed by atoms with van der Waals surface area (Å²) in [6.45, 7) is 2.70. The number of benzene rings is 1. The van der Waals surface area contributed by atoms with Gasteiger partial charge in [-0.3, -0.25) is 10.1 Å². The van der Waals surface area contributed by atoms with Crippen LogP contribution in [0.5, 0.6) is 5.75 Å². The molecule has 2 aromatic rings. The summed E-state index contributed by atoms with van der Waals surface area (Å²) < 4.78 is 5.10. The lowest BCUT2D eigenvalue weighted by Gasteiger charge is -2.06.